The molecule has 3 aliphatic rings. The summed E-state index contributed by atoms with van der Waals surface area (Å²) in [5, 5.41) is 7.72. The van der Waals surface area contributed by atoms with Crippen LogP contribution in [0.15, 0.2) is 24.3 Å². The van der Waals surface area contributed by atoms with E-state index in [9.17, 15) is 4.79 Å². The zero-order valence-electron chi connectivity index (χ0n) is 16.2. The van der Waals surface area contributed by atoms with Crippen LogP contribution in [0.25, 0.3) is 0 Å². The minimum Gasteiger partial charge on any atom is -0.485 e. The predicted octanol–water partition coefficient (Wildman–Crippen LogP) is 3.78. The van der Waals surface area contributed by atoms with Gasteiger partial charge in [0.05, 0.1) is 0 Å². The number of benzene rings is 1. The van der Waals surface area contributed by atoms with Gasteiger partial charge in [-0.2, -0.15) is 5.10 Å². The van der Waals surface area contributed by atoms with Crippen LogP contribution in [0.3, 0.4) is 0 Å². The van der Waals surface area contributed by atoms with Gasteiger partial charge in [-0.05, 0) is 25.0 Å². The average molecular weight is 381 g/mol. The van der Waals surface area contributed by atoms with E-state index < -0.39 is 0 Å². The molecule has 2 aromatic rings. The molecule has 0 bridgehead atoms. The standard InChI is InChI=1S/C22H27N3O3/c26-22(15-7-3-1-2-4-8-15)25-12-11-17-16(13-25)21(24-23-17)20-14-27-18-9-5-6-10-19(18)28-20/h5-6,9-10,15,20H,1-4,7-8,11-14H2,(H,23,24). The molecule has 1 aliphatic carbocycles. The minimum atomic E-state index is -0.247. The van der Waals surface area contributed by atoms with Crippen molar-refractivity contribution in [2.24, 2.45) is 5.92 Å². The largest absolute Gasteiger partial charge is 0.485 e. The molecule has 1 amide bonds. The third-order valence-electron chi connectivity index (χ3n) is 6.30. The molecule has 0 saturated heterocycles. The van der Waals surface area contributed by atoms with Crippen molar-refractivity contribution in [3.63, 3.8) is 0 Å². The van der Waals surface area contributed by atoms with Gasteiger partial charge in [0, 0.05) is 36.7 Å². The fraction of sp³-hybridized carbons (Fsp3) is 0.545. The third-order valence-corrected chi connectivity index (χ3v) is 6.30. The normalized spacial score (nSPS) is 22.4. The highest BCUT2D eigenvalue weighted by atomic mass is 16.6. The Hall–Kier alpha value is -2.50. The lowest BCUT2D eigenvalue weighted by molar-refractivity contribution is -0.137. The second kappa shape index (κ2) is 7.49. The highest BCUT2D eigenvalue weighted by Crippen LogP contribution is 2.37. The second-order valence-corrected chi connectivity index (χ2v) is 8.13. The Kier molecular flexibility index (Phi) is 4.71. The molecule has 0 spiro atoms. The number of ether oxygens (including phenoxy) is 2. The Labute approximate surface area is 165 Å². The second-order valence-electron chi connectivity index (χ2n) is 8.13. The number of hydrogen-bond donors (Lipinski definition) is 1. The van der Waals surface area contributed by atoms with Crippen molar-refractivity contribution in [1.82, 2.24) is 15.1 Å². The highest BCUT2D eigenvalue weighted by molar-refractivity contribution is 5.79. The van der Waals surface area contributed by atoms with Crippen molar-refractivity contribution in [3.05, 3.63) is 41.2 Å². The van der Waals surface area contributed by atoms with Crippen LogP contribution in [0, 0.1) is 5.92 Å². The molecule has 28 heavy (non-hydrogen) atoms. The van der Waals surface area contributed by atoms with Gasteiger partial charge in [-0.15, -0.1) is 0 Å². The molecule has 6 heteroatoms. The first kappa shape index (κ1) is 17.6. The SMILES string of the molecule is O=C(C1CCCCCC1)N1CCc2[nH]nc(C3COc4ccccc4O3)c2C1. The fourth-order valence-corrected chi connectivity index (χ4v) is 4.71. The molecule has 1 saturated carbocycles. The van der Waals surface area contributed by atoms with E-state index in [4.69, 9.17) is 9.47 Å². The summed E-state index contributed by atoms with van der Waals surface area (Å²) in [7, 11) is 0. The van der Waals surface area contributed by atoms with Crippen molar-refractivity contribution >= 4 is 5.91 Å². The molecule has 1 N–H and O–H groups in total. The number of hydrogen-bond acceptors (Lipinski definition) is 4. The number of fused-ring (bicyclic) bond motifs is 2. The van der Waals surface area contributed by atoms with Crippen molar-refractivity contribution < 1.29 is 14.3 Å². The number of aromatic amines is 1. The number of carbonyl (C=O) groups is 1. The molecule has 1 atom stereocenters. The maximum Gasteiger partial charge on any atom is 0.225 e. The van der Waals surface area contributed by atoms with Crippen molar-refractivity contribution in [3.8, 4) is 11.5 Å². The van der Waals surface area contributed by atoms with Gasteiger partial charge >= 0.3 is 0 Å². The number of para-hydroxylation sites is 2. The molecular formula is C22H27N3O3. The van der Waals surface area contributed by atoms with Gasteiger partial charge in [0.2, 0.25) is 5.91 Å². The van der Waals surface area contributed by atoms with Crippen LogP contribution in [0.2, 0.25) is 0 Å². The maximum absolute atomic E-state index is 13.1. The summed E-state index contributed by atoms with van der Waals surface area (Å²) >= 11 is 0. The number of rotatable bonds is 2. The molecule has 148 valence electrons. The lowest BCUT2D eigenvalue weighted by Crippen LogP contribution is -2.40. The van der Waals surface area contributed by atoms with E-state index in [0.717, 1.165) is 54.3 Å². The number of H-pyrrole nitrogens is 1. The van der Waals surface area contributed by atoms with E-state index in [-0.39, 0.29) is 12.0 Å². The molecule has 5 rings (SSSR count). The quantitative estimate of drug-likeness (QED) is 0.804. The summed E-state index contributed by atoms with van der Waals surface area (Å²) in [5.74, 6) is 2.04. The third kappa shape index (κ3) is 3.25. The lowest BCUT2D eigenvalue weighted by Gasteiger charge is -2.32. The van der Waals surface area contributed by atoms with Crippen molar-refractivity contribution in [2.75, 3.05) is 13.2 Å². The summed E-state index contributed by atoms with van der Waals surface area (Å²) in [4.78, 5) is 15.2. The minimum absolute atomic E-state index is 0.195. The van der Waals surface area contributed by atoms with E-state index in [1.807, 2.05) is 29.2 Å². The number of carbonyl (C=O) groups excluding carboxylic acids is 1. The van der Waals surface area contributed by atoms with Crippen molar-refractivity contribution in [1.29, 1.82) is 0 Å². The van der Waals surface area contributed by atoms with Crippen LogP contribution in [-0.4, -0.2) is 34.2 Å². The topological polar surface area (TPSA) is 67.5 Å². The molecule has 1 aromatic carbocycles. The van der Waals surface area contributed by atoms with E-state index in [1.54, 1.807) is 0 Å². The predicted molar refractivity (Wildman–Crippen MR) is 104 cm³/mol. The first-order valence-corrected chi connectivity index (χ1v) is 10.5. The van der Waals surface area contributed by atoms with E-state index in [0.29, 0.717) is 19.1 Å². The number of nitrogens with one attached hydrogen (secondary N) is 1. The summed E-state index contributed by atoms with van der Waals surface area (Å²) in [6.07, 6.45) is 7.54. The van der Waals surface area contributed by atoms with Crippen LogP contribution < -0.4 is 9.47 Å². The molecule has 0 radical (unpaired) electrons. The van der Waals surface area contributed by atoms with Gasteiger partial charge in [-0.1, -0.05) is 37.8 Å². The van der Waals surface area contributed by atoms with Crippen LogP contribution in [0.1, 0.15) is 61.6 Å². The monoisotopic (exact) mass is 381 g/mol. The molecule has 6 nitrogen and oxygen atoms in total. The fourth-order valence-electron chi connectivity index (χ4n) is 4.71. The Morgan fingerprint density at radius 1 is 1.11 bits per heavy atom. The Morgan fingerprint density at radius 2 is 1.89 bits per heavy atom. The summed E-state index contributed by atoms with van der Waals surface area (Å²) in [6, 6.07) is 7.72. The van der Waals surface area contributed by atoms with Gasteiger partial charge in [-0.25, -0.2) is 0 Å². The van der Waals surface area contributed by atoms with Crippen molar-refractivity contribution in [2.45, 2.75) is 57.6 Å². The number of amides is 1. The molecule has 2 aliphatic heterocycles. The Morgan fingerprint density at radius 3 is 2.71 bits per heavy atom. The summed E-state index contributed by atoms with van der Waals surface area (Å²) in [6.45, 7) is 1.83. The van der Waals surface area contributed by atoms with E-state index >= 15 is 0 Å². The molecule has 1 unspecified atom stereocenters. The smallest absolute Gasteiger partial charge is 0.225 e. The summed E-state index contributed by atoms with van der Waals surface area (Å²) < 4.78 is 12.0. The number of nitrogens with zero attached hydrogens (tertiary/aromatic N) is 2. The zero-order valence-corrected chi connectivity index (χ0v) is 16.2. The van der Waals surface area contributed by atoms with E-state index in [2.05, 4.69) is 10.2 Å². The lowest BCUT2D eigenvalue weighted by atomic mass is 9.96. The first-order chi connectivity index (χ1) is 13.8. The van der Waals surface area contributed by atoms with Gasteiger partial charge in [-0.3, -0.25) is 9.89 Å². The average Bonchev–Trinajstić information content (AvgIpc) is 2.97. The van der Waals surface area contributed by atoms with Crippen LogP contribution in [0.5, 0.6) is 11.5 Å². The van der Waals surface area contributed by atoms with Crippen LogP contribution in [-0.2, 0) is 17.8 Å². The summed E-state index contributed by atoms with van der Waals surface area (Å²) in [5.41, 5.74) is 3.12. The Balaban J connectivity index is 1.34. The molecule has 1 aromatic heterocycles. The number of aromatic nitrogens is 2. The van der Waals surface area contributed by atoms with Gasteiger partial charge < -0.3 is 14.4 Å². The zero-order chi connectivity index (χ0) is 18.9. The first-order valence-electron chi connectivity index (χ1n) is 10.5. The maximum atomic E-state index is 13.1. The Bertz CT molecular complexity index is 854. The molecule has 3 heterocycles. The van der Waals surface area contributed by atoms with Crippen LogP contribution >= 0.6 is 0 Å². The van der Waals surface area contributed by atoms with Gasteiger partial charge in [0.1, 0.15) is 12.3 Å². The molecule has 1 fully saturated rings. The van der Waals surface area contributed by atoms with E-state index in [1.165, 1.54) is 25.7 Å². The van der Waals surface area contributed by atoms with Gasteiger partial charge in [0.15, 0.2) is 17.6 Å². The van der Waals surface area contributed by atoms with Crippen LogP contribution in [0.4, 0.5) is 0 Å². The molecular weight excluding hydrogens is 354 g/mol. The van der Waals surface area contributed by atoms with Gasteiger partial charge in [0.25, 0.3) is 0 Å². The highest BCUT2D eigenvalue weighted by Gasteiger charge is 2.33.